The second kappa shape index (κ2) is 5.82. The van der Waals surface area contributed by atoms with Crippen LogP contribution in [0.25, 0.3) is 0 Å². The molecule has 0 aromatic carbocycles. The molecule has 0 aromatic rings. The molecule has 1 saturated heterocycles. The van der Waals surface area contributed by atoms with Crippen LogP contribution in [-0.2, 0) is 14.8 Å². The van der Waals surface area contributed by atoms with E-state index >= 15 is 0 Å². The summed E-state index contributed by atoms with van der Waals surface area (Å²) in [5.74, 6) is -0.0817. The van der Waals surface area contributed by atoms with Gasteiger partial charge in [-0.3, -0.25) is 4.79 Å². The maximum absolute atomic E-state index is 12.1. The quantitative estimate of drug-likeness (QED) is 0.742. The van der Waals surface area contributed by atoms with Gasteiger partial charge in [0.25, 0.3) is 0 Å². The molecule has 1 aliphatic heterocycles. The van der Waals surface area contributed by atoms with Crippen molar-refractivity contribution in [3.8, 4) is 0 Å². The Bertz CT molecular complexity index is 363. The van der Waals surface area contributed by atoms with E-state index in [1.165, 1.54) is 10.6 Å². The molecule has 17 heavy (non-hydrogen) atoms. The van der Waals surface area contributed by atoms with E-state index in [1.54, 1.807) is 4.90 Å². The third-order valence-corrected chi connectivity index (χ3v) is 4.55. The van der Waals surface area contributed by atoms with E-state index in [4.69, 9.17) is 0 Å². The topological polar surface area (TPSA) is 57.7 Å². The number of sulfonamides is 1. The Morgan fingerprint density at radius 3 is 2.41 bits per heavy atom. The molecule has 5 nitrogen and oxygen atoms in total. The highest BCUT2D eigenvalue weighted by atomic mass is 32.2. The fraction of sp³-hybridized carbons (Fsp3) is 0.909. The molecule has 0 saturated carbocycles. The SMILES string of the molecule is CCN(CC)C(=O)[C@@H]1CCCN(S(C)(=O)=O)C1. The summed E-state index contributed by atoms with van der Waals surface area (Å²) in [6.07, 6.45) is 2.77. The van der Waals surface area contributed by atoms with E-state index in [1.807, 2.05) is 13.8 Å². The summed E-state index contributed by atoms with van der Waals surface area (Å²) >= 11 is 0. The van der Waals surface area contributed by atoms with Crippen molar-refractivity contribution in [2.45, 2.75) is 26.7 Å². The van der Waals surface area contributed by atoms with Crippen LogP contribution in [0.5, 0.6) is 0 Å². The van der Waals surface area contributed by atoms with Crippen LogP contribution in [0.3, 0.4) is 0 Å². The molecule has 6 heteroatoms. The van der Waals surface area contributed by atoms with Gasteiger partial charge in [0, 0.05) is 26.2 Å². The molecule has 0 unspecified atom stereocenters. The Balaban J connectivity index is 2.70. The zero-order valence-corrected chi connectivity index (χ0v) is 11.7. The van der Waals surface area contributed by atoms with E-state index < -0.39 is 10.0 Å². The lowest BCUT2D eigenvalue weighted by molar-refractivity contribution is -0.136. The van der Waals surface area contributed by atoms with Crippen molar-refractivity contribution < 1.29 is 13.2 Å². The highest BCUT2D eigenvalue weighted by Crippen LogP contribution is 2.20. The zero-order valence-electron chi connectivity index (χ0n) is 10.8. The zero-order chi connectivity index (χ0) is 13.1. The number of hydrogen-bond donors (Lipinski definition) is 0. The molecule has 1 heterocycles. The first-order chi connectivity index (χ1) is 7.90. The van der Waals surface area contributed by atoms with E-state index in [0.29, 0.717) is 26.2 Å². The monoisotopic (exact) mass is 262 g/mol. The van der Waals surface area contributed by atoms with Crippen molar-refractivity contribution in [3.63, 3.8) is 0 Å². The van der Waals surface area contributed by atoms with Crippen LogP contribution in [0.15, 0.2) is 0 Å². The van der Waals surface area contributed by atoms with Crippen molar-refractivity contribution in [3.05, 3.63) is 0 Å². The number of rotatable bonds is 4. The van der Waals surface area contributed by atoms with Gasteiger partial charge in [0.2, 0.25) is 15.9 Å². The predicted octanol–water partition coefficient (Wildman–Crippen LogP) is 0.526. The number of piperidine rings is 1. The second-order valence-corrected chi connectivity index (χ2v) is 6.45. The maximum atomic E-state index is 12.1. The third kappa shape index (κ3) is 3.67. The van der Waals surface area contributed by atoms with Crippen LogP contribution in [0.2, 0.25) is 0 Å². The van der Waals surface area contributed by atoms with Crippen LogP contribution in [-0.4, -0.2) is 56.0 Å². The average Bonchev–Trinajstić information content (AvgIpc) is 2.29. The van der Waals surface area contributed by atoms with Gasteiger partial charge in [-0.15, -0.1) is 0 Å². The summed E-state index contributed by atoms with van der Waals surface area (Å²) in [7, 11) is -3.17. The molecule has 0 aromatic heterocycles. The molecule has 0 aliphatic carbocycles. The van der Waals surface area contributed by atoms with E-state index in [9.17, 15) is 13.2 Å². The lowest BCUT2D eigenvalue weighted by Crippen LogP contribution is -2.46. The second-order valence-electron chi connectivity index (χ2n) is 4.47. The van der Waals surface area contributed by atoms with Crippen molar-refractivity contribution in [2.24, 2.45) is 5.92 Å². The fourth-order valence-corrected chi connectivity index (χ4v) is 3.15. The molecule has 0 radical (unpaired) electrons. The average molecular weight is 262 g/mol. The van der Waals surface area contributed by atoms with E-state index in [2.05, 4.69) is 0 Å². The Kier molecular flexibility index (Phi) is 4.94. The smallest absolute Gasteiger partial charge is 0.226 e. The van der Waals surface area contributed by atoms with E-state index in [0.717, 1.165) is 12.8 Å². The molecular weight excluding hydrogens is 240 g/mol. The molecule has 1 atom stereocenters. The summed E-state index contributed by atoms with van der Waals surface area (Å²) in [6.45, 7) is 6.14. The Hall–Kier alpha value is -0.620. The molecule has 0 N–H and O–H groups in total. The van der Waals surface area contributed by atoms with Gasteiger partial charge < -0.3 is 4.90 Å². The molecular formula is C11H22N2O3S. The summed E-state index contributed by atoms with van der Waals surface area (Å²) in [5, 5.41) is 0. The van der Waals surface area contributed by atoms with Crippen molar-refractivity contribution in [1.82, 2.24) is 9.21 Å². The number of carbonyl (C=O) groups excluding carboxylic acids is 1. The summed E-state index contributed by atoms with van der Waals surface area (Å²) < 4.78 is 24.3. The molecule has 1 aliphatic rings. The Morgan fingerprint density at radius 2 is 1.94 bits per heavy atom. The highest BCUT2D eigenvalue weighted by Gasteiger charge is 2.31. The Labute approximate surface area is 104 Å². The fourth-order valence-electron chi connectivity index (χ4n) is 2.24. The summed E-state index contributed by atoms with van der Waals surface area (Å²) in [4.78, 5) is 13.9. The standard InChI is InChI=1S/C11H22N2O3S/c1-4-12(5-2)11(14)10-7-6-8-13(9-10)17(3,15)16/h10H,4-9H2,1-3H3/t10-/m1/s1. The van der Waals surface area contributed by atoms with Crippen molar-refractivity contribution in [1.29, 1.82) is 0 Å². The van der Waals surface area contributed by atoms with Gasteiger partial charge in [-0.2, -0.15) is 0 Å². The molecule has 0 bridgehead atoms. The number of hydrogen-bond acceptors (Lipinski definition) is 3. The van der Waals surface area contributed by atoms with Crippen LogP contribution in [0, 0.1) is 5.92 Å². The molecule has 1 amide bonds. The predicted molar refractivity (Wildman–Crippen MR) is 67.1 cm³/mol. The first-order valence-electron chi connectivity index (χ1n) is 6.14. The van der Waals surface area contributed by atoms with Gasteiger partial charge in [-0.05, 0) is 26.7 Å². The normalized spacial score (nSPS) is 22.4. The number of nitrogens with zero attached hydrogens (tertiary/aromatic N) is 2. The molecule has 0 spiro atoms. The molecule has 100 valence electrons. The van der Waals surface area contributed by atoms with Gasteiger partial charge in [-0.25, -0.2) is 12.7 Å². The minimum atomic E-state index is -3.17. The number of amides is 1. The highest BCUT2D eigenvalue weighted by molar-refractivity contribution is 7.88. The van der Waals surface area contributed by atoms with Gasteiger partial charge in [0.05, 0.1) is 12.2 Å². The van der Waals surface area contributed by atoms with Gasteiger partial charge in [0.15, 0.2) is 0 Å². The minimum absolute atomic E-state index is 0.0864. The molecule has 1 rings (SSSR count). The summed E-state index contributed by atoms with van der Waals surface area (Å²) in [5.41, 5.74) is 0. The lowest BCUT2D eigenvalue weighted by atomic mass is 9.98. The van der Waals surface area contributed by atoms with Crippen LogP contribution < -0.4 is 0 Å². The maximum Gasteiger partial charge on any atom is 0.226 e. The van der Waals surface area contributed by atoms with Gasteiger partial charge in [-0.1, -0.05) is 0 Å². The van der Waals surface area contributed by atoms with Gasteiger partial charge in [0.1, 0.15) is 0 Å². The lowest BCUT2D eigenvalue weighted by Gasteiger charge is -2.33. The molecule has 1 fully saturated rings. The third-order valence-electron chi connectivity index (χ3n) is 3.28. The van der Waals surface area contributed by atoms with Crippen LogP contribution in [0.4, 0.5) is 0 Å². The van der Waals surface area contributed by atoms with Crippen LogP contribution >= 0.6 is 0 Å². The first kappa shape index (κ1) is 14.4. The van der Waals surface area contributed by atoms with E-state index in [-0.39, 0.29) is 11.8 Å². The first-order valence-corrected chi connectivity index (χ1v) is 7.98. The largest absolute Gasteiger partial charge is 0.343 e. The Morgan fingerprint density at radius 1 is 1.35 bits per heavy atom. The van der Waals surface area contributed by atoms with Crippen molar-refractivity contribution >= 4 is 15.9 Å². The van der Waals surface area contributed by atoms with Crippen LogP contribution in [0.1, 0.15) is 26.7 Å². The van der Waals surface area contributed by atoms with Gasteiger partial charge >= 0.3 is 0 Å². The minimum Gasteiger partial charge on any atom is -0.343 e. The number of carbonyl (C=O) groups is 1. The van der Waals surface area contributed by atoms with Crippen molar-refractivity contribution in [2.75, 3.05) is 32.4 Å². The summed E-state index contributed by atoms with van der Waals surface area (Å²) in [6, 6.07) is 0.